The third-order valence-electron chi connectivity index (χ3n) is 2.96. The van der Waals surface area contributed by atoms with Gasteiger partial charge in [0.15, 0.2) is 0 Å². The van der Waals surface area contributed by atoms with Crippen molar-refractivity contribution in [3.63, 3.8) is 0 Å². The van der Waals surface area contributed by atoms with Crippen LogP contribution in [0.5, 0.6) is 0 Å². The lowest BCUT2D eigenvalue weighted by molar-refractivity contribution is 0.0698. The number of hydrogen-bond acceptors (Lipinski definition) is 2. The van der Waals surface area contributed by atoms with Gasteiger partial charge in [-0.15, -0.1) is 0 Å². The minimum absolute atomic E-state index is 0.0639. The van der Waals surface area contributed by atoms with Crippen LogP contribution >= 0.6 is 0 Å². The number of rotatable bonds is 3. The highest BCUT2D eigenvalue weighted by atomic mass is 16.4. The third-order valence-corrected chi connectivity index (χ3v) is 2.96. The zero-order valence-corrected chi connectivity index (χ0v) is 11.8. The maximum atomic E-state index is 11.9. The fraction of sp³-hybridized carbons (Fsp3) is 0.125. The molecule has 0 saturated heterocycles. The number of amides is 2. The molecular weight excluding hydrogens is 268 g/mol. The highest BCUT2D eigenvalue weighted by molar-refractivity contribution is 6.04. The van der Waals surface area contributed by atoms with Crippen molar-refractivity contribution in [2.24, 2.45) is 0 Å². The molecule has 0 aromatic heterocycles. The van der Waals surface area contributed by atoms with Crippen molar-refractivity contribution >= 4 is 23.4 Å². The number of carboxylic acid groups (broad SMARTS) is 1. The van der Waals surface area contributed by atoms with Gasteiger partial charge in [-0.25, -0.2) is 9.59 Å². The van der Waals surface area contributed by atoms with Crippen molar-refractivity contribution in [3.8, 4) is 0 Å². The van der Waals surface area contributed by atoms with Gasteiger partial charge in [-0.1, -0.05) is 29.3 Å². The summed E-state index contributed by atoms with van der Waals surface area (Å²) in [6, 6.07) is 11.7. The van der Waals surface area contributed by atoms with Gasteiger partial charge in [-0.2, -0.15) is 0 Å². The minimum Gasteiger partial charge on any atom is -0.478 e. The molecule has 0 aliphatic carbocycles. The van der Waals surface area contributed by atoms with Gasteiger partial charge in [0.25, 0.3) is 0 Å². The minimum atomic E-state index is -1.08. The first-order valence-electron chi connectivity index (χ1n) is 6.44. The Morgan fingerprint density at radius 2 is 1.52 bits per heavy atom. The number of carbonyl (C=O) groups is 2. The summed E-state index contributed by atoms with van der Waals surface area (Å²) in [4.78, 5) is 23.1. The maximum absolute atomic E-state index is 11.9. The summed E-state index contributed by atoms with van der Waals surface area (Å²) < 4.78 is 0. The van der Waals surface area contributed by atoms with Crippen LogP contribution in [-0.2, 0) is 0 Å². The van der Waals surface area contributed by atoms with Crippen molar-refractivity contribution < 1.29 is 14.7 Å². The normalized spacial score (nSPS) is 10.0. The summed E-state index contributed by atoms with van der Waals surface area (Å²) in [5.74, 6) is -1.08. The smallest absolute Gasteiger partial charge is 0.337 e. The second kappa shape index (κ2) is 6.09. The molecular formula is C16H16N2O3. The van der Waals surface area contributed by atoms with Gasteiger partial charge in [-0.05, 0) is 38.1 Å². The molecule has 0 radical (unpaired) electrons. The number of carbonyl (C=O) groups excluding carboxylic acids is 1. The van der Waals surface area contributed by atoms with Gasteiger partial charge in [0, 0.05) is 5.69 Å². The van der Waals surface area contributed by atoms with Gasteiger partial charge >= 0.3 is 12.0 Å². The Morgan fingerprint density at radius 3 is 2.14 bits per heavy atom. The molecule has 0 saturated carbocycles. The number of carboxylic acids is 1. The quantitative estimate of drug-likeness (QED) is 0.805. The monoisotopic (exact) mass is 284 g/mol. The SMILES string of the molecule is Cc1ccc(NC(=O)Nc2ccc(C)cc2C(=O)O)cc1. The summed E-state index contributed by atoms with van der Waals surface area (Å²) >= 11 is 0. The zero-order chi connectivity index (χ0) is 15.4. The van der Waals surface area contributed by atoms with Crippen molar-refractivity contribution in [2.75, 3.05) is 10.6 Å². The average molecular weight is 284 g/mol. The number of nitrogens with one attached hydrogen (secondary N) is 2. The molecule has 0 spiro atoms. The fourth-order valence-corrected chi connectivity index (χ4v) is 1.87. The van der Waals surface area contributed by atoms with Crippen LogP contribution in [0.4, 0.5) is 16.2 Å². The van der Waals surface area contributed by atoms with E-state index in [0.29, 0.717) is 5.69 Å². The van der Waals surface area contributed by atoms with E-state index in [9.17, 15) is 9.59 Å². The van der Waals surface area contributed by atoms with Gasteiger partial charge in [0.05, 0.1) is 11.3 Å². The Bertz CT molecular complexity index is 678. The summed E-state index contributed by atoms with van der Waals surface area (Å²) in [5.41, 5.74) is 2.87. The van der Waals surface area contributed by atoms with Crippen molar-refractivity contribution in [2.45, 2.75) is 13.8 Å². The number of benzene rings is 2. The van der Waals surface area contributed by atoms with Crippen LogP contribution < -0.4 is 10.6 Å². The van der Waals surface area contributed by atoms with Gasteiger partial charge in [-0.3, -0.25) is 0 Å². The molecule has 2 aromatic carbocycles. The first-order valence-corrected chi connectivity index (χ1v) is 6.44. The van der Waals surface area contributed by atoms with E-state index in [1.165, 1.54) is 6.07 Å². The average Bonchev–Trinajstić information content (AvgIpc) is 2.43. The number of urea groups is 1. The molecule has 3 N–H and O–H groups in total. The second-order valence-corrected chi connectivity index (χ2v) is 4.80. The van der Waals surface area contributed by atoms with Crippen LogP contribution in [0.1, 0.15) is 21.5 Å². The van der Waals surface area contributed by atoms with Gasteiger partial charge in [0.1, 0.15) is 0 Å². The molecule has 2 rings (SSSR count). The molecule has 0 aliphatic heterocycles. The fourth-order valence-electron chi connectivity index (χ4n) is 1.87. The molecule has 5 nitrogen and oxygen atoms in total. The van der Waals surface area contributed by atoms with E-state index in [4.69, 9.17) is 5.11 Å². The van der Waals surface area contributed by atoms with Crippen molar-refractivity contribution in [1.29, 1.82) is 0 Å². The van der Waals surface area contributed by atoms with Crippen LogP contribution in [0.25, 0.3) is 0 Å². The largest absolute Gasteiger partial charge is 0.478 e. The Labute approximate surface area is 122 Å². The Kier molecular flexibility index (Phi) is 4.23. The van der Waals surface area contributed by atoms with Crippen LogP contribution in [0.2, 0.25) is 0 Å². The molecule has 0 atom stereocenters. The Morgan fingerprint density at radius 1 is 0.905 bits per heavy atom. The van der Waals surface area contributed by atoms with E-state index in [0.717, 1.165) is 11.1 Å². The number of aryl methyl sites for hydroxylation is 2. The van der Waals surface area contributed by atoms with E-state index in [1.54, 1.807) is 31.2 Å². The predicted molar refractivity (Wildman–Crippen MR) is 82.0 cm³/mol. The second-order valence-electron chi connectivity index (χ2n) is 4.80. The lowest BCUT2D eigenvalue weighted by Crippen LogP contribution is -2.21. The van der Waals surface area contributed by atoms with Crippen molar-refractivity contribution in [1.82, 2.24) is 0 Å². The Balaban J connectivity index is 2.12. The first kappa shape index (κ1) is 14.6. The molecule has 0 fully saturated rings. The number of anilines is 2. The van der Waals surface area contributed by atoms with Crippen LogP contribution in [-0.4, -0.2) is 17.1 Å². The molecule has 0 unspecified atom stereocenters. The van der Waals surface area contributed by atoms with E-state index in [-0.39, 0.29) is 11.3 Å². The van der Waals surface area contributed by atoms with E-state index >= 15 is 0 Å². The summed E-state index contributed by atoms with van der Waals surface area (Å²) in [6.45, 7) is 3.75. The highest BCUT2D eigenvalue weighted by Gasteiger charge is 2.12. The number of aromatic carboxylic acids is 1. The van der Waals surface area contributed by atoms with Crippen LogP contribution in [0.15, 0.2) is 42.5 Å². The molecule has 0 bridgehead atoms. The molecule has 5 heteroatoms. The molecule has 21 heavy (non-hydrogen) atoms. The summed E-state index contributed by atoms with van der Waals surface area (Å²) in [6.07, 6.45) is 0. The standard InChI is InChI=1S/C16H16N2O3/c1-10-3-6-12(7-4-10)17-16(21)18-14-8-5-11(2)9-13(14)15(19)20/h3-9H,1-2H3,(H,19,20)(H2,17,18,21). The van der Waals surface area contributed by atoms with Crippen molar-refractivity contribution in [3.05, 3.63) is 59.2 Å². The lowest BCUT2D eigenvalue weighted by atomic mass is 10.1. The van der Waals surface area contributed by atoms with E-state index in [2.05, 4.69) is 10.6 Å². The topological polar surface area (TPSA) is 78.4 Å². The third kappa shape index (κ3) is 3.82. The van der Waals surface area contributed by atoms with E-state index < -0.39 is 12.0 Å². The summed E-state index contributed by atoms with van der Waals surface area (Å²) in [5, 5.41) is 14.4. The molecule has 0 heterocycles. The molecule has 2 amide bonds. The first-order chi connectivity index (χ1) is 9.95. The molecule has 0 aliphatic rings. The number of hydrogen-bond donors (Lipinski definition) is 3. The predicted octanol–water partition coefficient (Wildman–Crippen LogP) is 3.65. The van der Waals surface area contributed by atoms with Crippen LogP contribution in [0.3, 0.4) is 0 Å². The lowest BCUT2D eigenvalue weighted by Gasteiger charge is -2.10. The van der Waals surface area contributed by atoms with E-state index in [1.807, 2.05) is 19.1 Å². The van der Waals surface area contributed by atoms with Gasteiger partial charge in [0.2, 0.25) is 0 Å². The zero-order valence-electron chi connectivity index (χ0n) is 11.8. The highest BCUT2D eigenvalue weighted by Crippen LogP contribution is 2.18. The molecule has 2 aromatic rings. The molecule has 108 valence electrons. The van der Waals surface area contributed by atoms with Crippen LogP contribution in [0, 0.1) is 13.8 Å². The van der Waals surface area contributed by atoms with Gasteiger partial charge < -0.3 is 15.7 Å². The Hall–Kier alpha value is -2.82. The maximum Gasteiger partial charge on any atom is 0.337 e. The summed E-state index contributed by atoms with van der Waals surface area (Å²) in [7, 11) is 0.